The van der Waals surface area contributed by atoms with Gasteiger partial charge >= 0.3 is 0 Å². The maximum Gasteiger partial charge on any atom is 0.259 e. The summed E-state index contributed by atoms with van der Waals surface area (Å²) in [6, 6.07) is 5.89. The molecule has 1 saturated carbocycles. The number of carbonyl (C=O) groups excluding carboxylic acids is 1. The zero-order valence-electron chi connectivity index (χ0n) is 12.6. The largest absolute Gasteiger partial charge is 0.305 e. The molecule has 6 heteroatoms. The van der Waals surface area contributed by atoms with Crippen molar-refractivity contribution < 1.29 is 9.18 Å². The number of anilines is 1. The van der Waals surface area contributed by atoms with Gasteiger partial charge in [0.15, 0.2) is 5.65 Å². The van der Waals surface area contributed by atoms with Gasteiger partial charge in [0.1, 0.15) is 11.6 Å². The molecule has 3 aromatic rings. The minimum atomic E-state index is -0.549. The molecule has 0 saturated heterocycles. The van der Waals surface area contributed by atoms with E-state index in [1.54, 1.807) is 18.3 Å². The molecule has 0 aliphatic heterocycles. The molecule has 0 spiro atoms. The zero-order chi connectivity index (χ0) is 16.0. The number of aryl methyl sites for hydroxylation is 1. The number of amides is 1. The molecule has 0 atom stereocenters. The molecule has 4 rings (SSSR count). The van der Waals surface area contributed by atoms with Crippen LogP contribution in [0.25, 0.3) is 5.65 Å². The fourth-order valence-electron chi connectivity index (χ4n) is 2.66. The van der Waals surface area contributed by atoms with Crippen LogP contribution in [-0.4, -0.2) is 20.3 Å². The lowest BCUT2D eigenvalue weighted by molar-refractivity contribution is 0.102. The first-order chi connectivity index (χ1) is 11.1. The predicted octanol–water partition coefficient (Wildman–Crippen LogP) is 3.31. The van der Waals surface area contributed by atoms with Crippen LogP contribution < -0.4 is 5.32 Å². The summed E-state index contributed by atoms with van der Waals surface area (Å²) in [5.41, 5.74) is 2.62. The number of imidazole rings is 1. The highest BCUT2D eigenvalue weighted by Gasteiger charge is 2.29. The Labute approximate surface area is 132 Å². The topological polar surface area (TPSA) is 59.3 Å². The molecule has 5 nitrogen and oxygen atoms in total. The first-order valence-corrected chi connectivity index (χ1v) is 7.54. The van der Waals surface area contributed by atoms with Crippen LogP contribution >= 0.6 is 0 Å². The van der Waals surface area contributed by atoms with Crippen molar-refractivity contribution in [2.45, 2.75) is 25.7 Å². The lowest BCUT2D eigenvalue weighted by atomic mass is 10.2. The van der Waals surface area contributed by atoms with E-state index in [0.29, 0.717) is 11.7 Å². The van der Waals surface area contributed by atoms with E-state index in [-0.39, 0.29) is 5.56 Å². The summed E-state index contributed by atoms with van der Waals surface area (Å²) in [5.74, 6) is -0.254. The van der Waals surface area contributed by atoms with Crippen molar-refractivity contribution in [1.82, 2.24) is 14.4 Å². The highest BCUT2D eigenvalue weighted by atomic mass is 19.1. The fourth-order valence-corrected chi connectivity index (χ4v) is 2.66. The van der Waals surface area contributed by atoms with Crippen molar-refractivity contribution in [1.29, 1.82) is 0 Å². The minimum absolute atomic E-state index is 0.00387. The van der Waals surface area contributed by atoms with Gasteiger partial charge in [-0.3, -0.25) is 4.79 Å². The van der Waals surface area contributed by atoms with Gasteiger partial charge in [0.2, 0.25) is 0 Å². The number of nitrogens with one attached hydrogen (secondary N) is 1. The number of aromatic nitrogens is 3. The highest BCUT2D eigenvalue weighted by molar-refractivity contribution is 6.03. The summed E-state index contributed by atoms with van der Waals surface area (Å²) in [7, 11) is 0. The third-order valence-electron chi connectivity index (χ3n) is 3.91. The van der Waals surface area contributed by atoms with E-state index in [0.717, 1.165) is 29.9 Å². The minimum Gasteiger partial charge on any atom is -0.305 e. The van der Waals surface area contributed by atoms with Gasteiger partial charge in [-0.15, -0.1) is 0 Å². The van der Waals surface area contributed by atoms with Crippen LogP contribution in [-0.2, 0) is 0 Å². The number of carbonyl (C=O) groups is 1. The second kappa shape index (κ2) is 5.15. The molecule has 2 heterocycles. The van der Waals surface area contributed by atoms with Crippen molar-refractivity contribution in [3.8, 4) is 0 Å². The Morgan fingerprint density at radius 3 is 2.78 bits per heavy atom. The second-order valence-corrected chi connectivity index (χ2v) is 5.83. The van der Waals surface area contributed by atoms with E-state index in [1.807, 2.05) is 17.5 Å². The number of fused-ring (bicyclic) bond motifs is 1. The SMILES string of the molecule is Cc1cn2cc(NC(=O)c3ccccc3F)nc(C3CC3)c2n1. The van der Waals surface area contributed by atoms with E-state index < -0.39 is 11.7 Å². The lowest BCUT2D eigenvalue weighted by Crippen LogP contribution is -2.15. The average Bonchev–Trinajstić information content (AvgIpc) is 3.28. The van der Waals surface area contributed by atoms with Crippen molar-refractivity contribution in [3.05, 3.63) is 59.4 Å². The number of nitrogens with zero attached hydrogens (tertiary/aromatic N) is 3. The third-order valence-corrected chi connectivity index (χ3v) is 3.91. The number of hydrogen-bond acceptors (Lipinski definition) is 3. The third kappa shape index (κ3) is 2.56. The molecule has 1 aliphatic rings. The number of hydrogen-bond donors (Lipinski definition) is 1. The summed E-state index contributed by atoms with van der Waals surface area (Å²) >= 11 is 0. The molecule has 0 radical (unpaired) electrons. The summed E-state index contributed by atoms with van der Waals surface area (Å²) < 4.78 is 15.6. The molecule has 1 aromatic carbocycles. The average molecular weight is 310 g/mol. The van der Waals surface area contributed by atoms with Crippen LogP contribution in [0.4, 0.5) is 10.2 Å². The zero-order valence-corrected chi connectivity index (χ0v) is 12.6. The Balaban J connectivity index is 1.71. The van der Waals surface area contributed by atoms with Gasteiger partial charge < -0.3 is 9.72 Å². The lowest BCUT2D eigenvalue weighted by Gasteiger charge is -2.08. The maximum atomic E-state index is 13.7. The van der Waals surface area contributed by atoms with Crippen LogP contribution in [0.1, 0.15) is 40.5 Å². The molecular formula is C17H15FN4O. The van der Waals surface area contributed by atoms with Gasteiger partial charge in [0, 0.05) is 12.1 Å². The van der Waals surface area contributed by atoms with Crippen molar-refractivity contribution in [2.75, 3.05) is 5.32 Å². The first kappa shape index (κ1) is 13.9. The Bertz CT molecular complexity index is 914. The molecular weight excluding hydrogens is 295 g/mol. The molecule has 1 aliphatic carbocycles. The number of halogens is 1. The normalized spacial score (nSPS) is 14.2. The first-order valence-electron chi connectivity index (χ1n) is 7.54. The van der Waals surface area contributed by atoms with E-state index in [4.69, 9.17) is 0 Å². The van der Waals surface area contributed by atoms with Crippen LogP contribution in [0, 0.1) is 12.7 Å². The summed E-state index contributed by atoms with van der Waals surface area (Å²) in [5, 5.41) is 2.68. The van der Waals surface area contributed by atoms with Gasteiger partial charge in [0.25, 0.3) is 5.91 Å². The van der Waals surface area contributed by atoms with Gasteiger partial charge in [0.05, 0.1) is 23.1 Å². The molecule has 1 fully saturated rings. The van der Waals surface area contributed by atoms with Crippen molar-refractivity contribution in [3.63, 3.8) is 0 Å². The van der Waals surface area contributed by atoms with E-state index in [9.17, 15) is 9.18 Å². The number of benzene rings is 1. The van der Waals surface area contributed by atoms with E-state index >= 15 is 0 Å². The Morgan fingerprint density at radius 2 is 2.04 bits per heavy atom. The number of rotatable bonds is 3. The van der Waals surface area contributed by atoms with Crippen LogP contribution in [0.2, 0.25) is 0 Å². The summed E-state index contributed by atoms with van der Waals surface area (Å²) in [6.45, 7) is 1.92. The summed E-state index contributed by atoms with van der Waals surface area (Å²) in [6.07, 6.45) is 5.76. The van der Waals surface area contributed by atoms with Crippen LogP contribution in [0.3, 0.4) is 0 Å². The molecule has 23 heavy (non-hydrogen) atoms. The maximum absolute atomic E-state index is 13.7. The van der Waals surface area contributed by atoms with Crippen molar-refractivity contribution >= 4 is 17.4 Å². The van der Waals surface area contributed by atoms with Gasteiger partial charge in [-0.1, -0.05) is 12.1 Å². The fraction of sp³-hybridized carbons (Fsp3) is 0.235. The smallest absolute Gasteiger partial charge is 0.259 e. The second-order valence-electron chi connectivity index (χ2n) is 5.83. The van der Waals surface area contributed by atoms with E-state index in [1.165, 1.54) is 12.1 Å². The molecule has 1 amide bonds. The Hall–Kier alpha value is -2.76. The van der Waals surface area contributed by atoms with Crippen LogP contribution in [0.15, 0.2) is 36.7 Å². The van der Waals surface area contributed by atoms with Crippen LogP contribution in [0.5, 0.6) is 0 Å². The van der Waals surface area contributed by atoms with E-state index in [2.05, 4.69) is 15.3 Å². The molecule has 116 valence electrons. The Kier molecular flexibility index (Phi) is 3.11. The Morgan fingerprint density at radius 1 is 1.26 bits per heavy atom. The predicted molar refractivity (Wildman–Crippen MR) is 84.1 cm³/mol. The molecule has 1 N–H and O–H groups in total. The monoisotopic (exact) mass is 310 g/mol. The molecule has 2 aromatic heterocycles. The molecule has 0 bridgehead atoms. The summed E-state index contributed by atoms with van der Waals surface area (Å²) in [4.78, 5) is 21.3. The van der Waals surface area contributed by atoms with Crippen molar-refractivity contribution in [2.24, 2.45) is 0 Å². The standard InChI is InChI=1S/C17H15FN4O/c1-10-8-22-9-14(20-15(11-6-7-11)16(22)19-10)21-17(23)12-4-2-3-5-13(12)18/h2-5,8-9,11H,6-7H2,1H3,(H,21,23). The van der Waals surface area contributed by atoms with Gasteiger partial charge in [-0.2, -0.15) is 0 Å². The molecule has 0 unspecified atom stereocenters. The van der Waals surface area contributed by atoms with Gasteiger partial charge in [-0.25, -0.2) is 14.4 Å². The quantitative estimate of drug-likeness (QED) is 0.807. The highest BCUT2D eigenvalue weighted by Crippen LogP contribution is 2.41. The van der Waals surface area contributed by atoms with Gasteiger partial charge in [-0.05, 0) is 31.9 Å².